The van der Waals surface area contributed by atoms with E-state index in [9.17, 15) is 0 Å². The highest BCUT2D eigenvalue weighted by Crippen LogP contribution is 2.62. The van der Waals surface area contributed by atoms with Crippen LogP contribution in [0, 0.1) is 6.92 Å². The van der Waals surface area contributed by atoms with E-state index in [1.807, 2.05) is 0 Å². The molecular weight excluding hydrogens is 1320 g/mol. The molecule has 0 bridgehead atoms. The Morgan fingerprint density at radius 2 is 0.706 bits per heavy atom. The lowest BCUT2D eigenvalue weighted by Gasteiger charge is -2.33. The van der Waals surface area contributed by atoms with E-state index in [2.05, 4.69) is 324 Å². The molecule has 0 saturated heterocycles. The molecular formula is C106H97NO2. The Morgan fingerprint density at radius 3 is 1.36 bits per heavy atom. The zero-order valence-electron chi connectivity index (χ0n) is 65.3. The van der Waals surface area contributed by atoms with Gasteiger partial charge in [-0.15, -0.1) is 0 Å². The molecule has 0 unspecified atom stereocenters. The highest BCUT2D eigenvalue weighted by molar-refractivity contribution is 6.19. The van der Waals surface area contributed by atoms with Crippen molar-refractivity contribution in [3.63, 3.8) is 0 Å². The van der Waals surface area contributed by atoms with Crippen LogP contribution in [0.5, 0.6) is 0 Å². The Hall–Kier alpha value is -10.7. The fraction of sp³-hybridized carbons (Fsp3) is 0.264. The maximum Gasteiger partial charge on any atom is 0.143 e. The quantitative estimate of drug-likeness (QED) is 0.0802. The first-order valence-electron chi connectivity index (χ1n) is 40.8. The average Bonchev–Trinajstić information content (AvgIpc) is 1.53. The molecule has 109 heavy (non-hydrogen) atoms. The summed E-state index contributed by atoms with van der Waals surface area (Å²) in [7, 11) is 0. The highest BCUT2D eigenvalue weighted by atomic mass is 16.3. The Kier molecular flexibility index (Phi) is 15.4. The van der Waals surface area contributed by atoms with Gasteiger partial charge in [-0.3, -0.25) is 0 Å². The molecule has 0 spiro atoms. The summed E-state index contributed by atoms with van der Waals surface area (Å²) < 4.78 is 13.5. The number of fused-ring (bicyclic) bond motifs is 23. The summed E-state index contributed by atoms with van der Waals surface area (Å²) in [6, 6.07) is 94.0. The number of hydrogen-bond acceptors (Lipinski definition) is 3. The normalized spacial score (nSPS) is 15.6. The van der Waals surface area contributed by atoms with Gasteiger partial charge in [0.2, 0.25) is 0 Å². The van der Waals surface area contributed by atoms with Crippen LogP contribution >= 0.6 is 0 Å². The van der Waals surface area contributed by atoms with E-state index >= 15 is 0 Å². The SMILES string of the molecule is CCCCCCCC1(CCCCCCC)c2ccccc2-c2ccc(-c3ccc4c(c3)C(C)(C)c3cc(-c5ccc(N(c6ccc7c(c6)C(C)(C)c6cc8c(cc6-7)C(C)(C)c6ccc7oc9ccccc9c7c6-8)c6ccc7c(c6)C(C)(C)c6cc(-c8ccc(C)cc8)c8oc9ccccc9c8c6-7)cc5)ccc3-4)cc21. The molecule has 15 aromatic rings. The van der Waals surface area contributed by atoms with Crippen molar-refractivity contribution in [1.29, 1.82) is 0 Å². The second-order valence-electron chi connectivity index (χ2n) is 35.0. The van der Waals surface area contributed by atoms with Crippen LogP contribution in [0.1, 0.15) is 207 Å². The Balaban J connectivity index is 0.674. The third-order valence-electron chi connectivity index (χ3n) is 27.3. The fourth-order valence-corrected chi connectivity index (χ4v) is 21.3. The molecule has 3 nitrogen and oxygen atoms in total. The van der Waals surface area contributed by atoms with Crippen molar-refractivity contribution in [3.05, 3.63) is 304 Å². The van der Waals surface area contributed by atoms with Gasteiger partial charge in [0, 0.05) is 71.2 Å². The number of anilines is 3. The Morgan fingerprint density at radius 1 is 0.275 bits per heavy atom. The molecule has 0 fully saturated rings. The van der Waals surface area contributed by atoms with Crippen LogP contribution in [-0.2, 0) is 27.1 Å². The monoisotopic (exact) mass is 1420 g/mol. The van der Waals surface area contributed by atoms with E-state index in [0.29, 0.717) is 0 Å². The summed E-state index contributed by atoms with van der Waals surface area (Å²) in [5.74, 6) is 0. The second-order valence-corrected chi connectivity index (χ2v) is 35.0. The third kappa shape index (κ3) is 10.1. The van der Waals surface area contributed by atoms with Crippen LogP contribution in [0.15, 0.2) is 251 Å². The Bertz CT molecular complexity index is 6260. The van der Waals surface area contributed by atoms with E-state index in [0.717, 1.165) is 55.9 Å². The standard InChI is InChI=1S/C106H97NO2/c1-12-14-16-18-26-54-106(55-27-19-17-15-13-2)84-31-23-20-28-73(84)76-49-42-69(58-92(76)106)68-41-48-75-74-47-40-67(56-86(74)103(6,7)87(75)57-68)65-38-43-70(44-39-65)107(72-46-51-78-89(60-72)105(10,11)93-61-81(66-36-34-64(3)35-37-66)101-100(97(78)93)80-30-22-25-33-95(80)109-101)71-45-50-77-82-62-91-83(63-90(82)104(8,9)88(77)59-71)98-85(102(91,4)5)52-53-96-99(98)79-29-21-24-32-94(79)108-96/h20-25,28-53,56-63H,12-19,26-27,54-55H2,1-11H3. The summed E-state index contributed by atoms with van der Waals surface area (Å²) in [6.07, 6.45) is 15.5. The van der Waals surface area contributed by atoms with E-state index in [1.165, 1.54) is 221 Å². The van der Waals surface area contributed by atoms with Crippen LogP contribution < -0.4 is 4.90 Å². The van der Waals surface area contributed by atoms with Gasteiger partial charge in [-0.2, -0.15) is 0 Å². The lowest BCUT2D eigenvalue weighted by Crippen LogP contribution is -2.25. The molecule has 0 aliphatic heterocycles. The van der Waals surface area contributed by atoms with Gasteiger partial charge in [0.1, 0.15) is 22.3 Å². The van der Waals surface area contributed by atoms with Crippen molar-refractivity contribution < 1.29 is 8.83 Å². The highest BCUT2D eigenvalue weighted by Gasteiger charge is 2.46. The van der Waals surface area contributed by atoms with E-state index in [1.54, 1.807) is 11.1 Å². The number of aryl methyl sites for hydroxylation is 1. The maximum atomic E-state index is 6.96. The molecule has 2 aromatic heterocycles. The summed E-state index contributed by atoms with van der Waals surface area (Å²) in [6.45, 7) is 26.3. The zero-order valence-corrected chi connectivity index (χ0v) is 65.3. The lowest BCUT2D eigenvalue weighted by atomic mass is 9.70. The van der Waals surface area contributed by atoms with Gasteiger partial charge in [0.25, 0.3) is 0 Å². The number of benzene rings is 13. The smallest absolute Gasteiger partial charge is 0.143 e. The van der Waals surface area contributed by atoms with Crippen molar-refractivity contribution in [2.24, 2.45) is 0 Å². The molecule has 538 valence electrons. The van der Waals surface area contributed by atoms with Crippen molar-refractivity contribution >= 4 is 60.9 Å². The molecule has 13 aromatic carbocycles. The van der Waals surface area contributed by atoms with Gasteiger partial charge < -0.3 is 13.7 Å². The van der Waals surface area contributed by atoms with Crippen LogP contribution in [0.3, 0.4) is 0 Å². The Labute approximate surface area is 643 Å². The topological polar surface area (TPSA) is 29.5 Å². The fourth-order valence-electron chi connectivity index (χ4n) is 21.3. The predicted octanol–water partition coefficient (Wildman–Crippen LogP) is 30.5. The van der Waals surface area contributed by atoms with Crippen molar-refractivity contribution in [2.75, 3.05) is 4.90 Å². The summed E-state index contributed by atoms with van der Waals surface area (Å²) >= 11 is 0. The molecule has 5 aliphatic rings. The van der Waals surface area contributed by atoms with Gasteiger partial charge in [0.05, 0.1) is 0 Å². The number of hydrogen-bond donors (Lipinski definition) is 0. The molecule has 2 heterocycles. The van der Waals surface area contributed by atoms with Crippen LogP contribution in [0.25, 0.3) is 133 Å². The van der Waals surface area contributed by atoms with Crippen molar-refractivity contribution in [2.45, 2.75) is 180 Å². The lowest BCUT2D eigenvalue weighted by molar-refractivity contribution is 0.399. The number of rotatable bonds is 18. The molecule has 3 heteroatoms. The number of furan rings is 2. The third-order valence-corrected chi connectivity index (χ3v) is 27.3. The molecule has 0 radical (unpaired) electrons. The minimum absolute atomic E-state index is 0.0377. The predicted molar refractivity (Wildman–Crippen MR) is 460 cm³/mol. The number of unbranched alkanes of at least 4 members (excludes halogenated alkanes) is 8. The molecule has 0 saturated carbocycles. The molecule has 0 amide bonds. The van der Waals surface area contributed by atoms with E-state index in [-0.39, 0.29) is 27.1 Å². The first-order chi connectivity index (χ1) is 52.9. The second kappa shape index (κ2) is 24.9. The number of para-hydroxylation sites is 2. The summed E-state index contributed by atoms with van der Waals surface area (Å²) in [5.41, 5.74) is 42.0. The first-order valence-corrected chi connectivity index (χ1v) is 40.8. The van der Waals surface area contributed by atoms with Crippen LogP contribution in [0.2, 0.25) is 0 Å². The van der Waals surface area contributed by atoms with Gasteiger partial charge in [-0.05, 0) is 250 Å². The van der Waals surface area contributed by atoms with Gasteiger partial charge in [-0.1, -0.05) is 291 Å². The largest absolute Gasteiger partial charge is 0.456 e. The van der Waals surface area contributed by atoms with Gasteiger partial charge in [-0.25, -0.2) is 0 Å². The summed E-state index contributed by atoms with van der Waals surface area (Å²) in [5, 5.41) is 4.73. The average molecular weight is 1420 g/mol. The zero-order chi connectivity index (χ0) is 74.2. The minimum atomic E-state index is -0.352. The number of nitrogens with zero attached hydrogens (tertiary/aromatic N) is 1. The minimum Gasteiger partial charge on any atom is -0.456 e. The first kappa shape index (κ1) is 67.6. The molecule has 0 N–H and O–H groups in total. The maximum absolute atomic E-state index is 6.96. The summed E-state index contributed by atoms with van der Waals surface area (Å²) in [4.78, 5) is 2.53. The van der Waals surface area contributed by atoms with Gasteiger partial charge in [0.15, 0.2) is 0 Å². The molecule has 20 rings (SSSR count). The van der Waals surface area contributed by atoms with Gasteiger partial charge >= 0.3 is 0 Å². The molecule has 0 atom stereocenters. The van der Waals surface area contributed by atoms with Crippen molar-refractivity contribution in [3.8, 4) is 89.0 Å². The van der Waals surface area contributed by atoms with Crippen molar-refractivity contribution in [1.82, 2.24) is 0 Å². The van der Waals surface area contributed by atoms with Crippen LogP contribution in [0.4, 0.5) is 17.1 Å². The van der Waals surface area contributed by atoms with E-state index in [4.69, 9.17) is 8.83 Å². The van der Waals surface area contributed by atoms with Crippen LogP contribution in [-0.4, -0.2) is 0 Å². The molecule has 5 aliphatic carbocycles. The van der Waals surface area contributed by atoms with E-state index < -0.39 is 0 Å².